The zero-order valence-electron chi connectivity index (χ0n) is 24.1. The minimum atomic E-state index is -0.108. The minimum Gasteiger partial charge on any atom is -0.352 e. The molecule has 2 saturated heterocycles. The monoisotopic (exact) mass is 566 g/mol. The molecule has 2 unspecified atom stereocenters. The fourth-order valence-electron chi connectivity index (χ4n) is 6.91. The summed E-state index contributed by atoms with van der Waals surface area (Å²) in [7, 11) is 0. The van der Waals surface area contributed by atoms with Gasteiger partial charge in [0, 0.05) is 49.3 Å². The van der Waals surface area contributed by atoms with Crippen molar-refractivity contribution >= 4 is 23.5 Å². The number of piperidine rings is 1. The van der Waals surface area contributed by atoms with Gasteiger partial charge in [0.15, 0.2) is 0 Å². The summed E-state index contributed by atoms with van der Waals surface area (Å²) < 4.78 is 0. The summed E-state index contributed by atoms with van der Waals surface area (Å²) in [6.07, 6.45) is 10.2. The lowest BCUT2D eigenvalue weighted by Crippen LogP contribution is -2.50. The van der Waals surface area contributed by atoms with Crippen molar-refractivity contribution in [1.82, 2.24) is 30.0 Å². The SMILES string of the molecule is Cc1ncnc(C)c1C(=O)NCCC(C)N1CCC(N2C(=O)N(C3CCCCC3)CC2c2cccc(Cl)c2)CC1. The van der Waals surface area contributed by atoms with E-state index in [9.17, 15) is 9.59 Å². The van der Waals surface area contributed by atoms with Gasteiger partial charge in [-0.25, -0.2) is 14.8 Å². The largest absolute Gasteiger partial charge is 0.352 e. The molecule has 2 aliphatic heterocycles. The summed E-state index contributed by atoms with van der Waals surface area (Å²) in [5.74, 6) is -0.108. The number of carbonyl (C=O) groups excluding carboxylic acids is 2. The van der Waals surface area contributed by atoms with Crippen molar-refractivity contribution in [3.8, 4) is 0 Å². The molecule has 3 heterocycles. The topological polar surface area (TPSA) is 81.7 Å². The molecule has 1 N–H and O–H groups in total. The molecule has 1 aliphatic carbocycles. The van der Waals surface area contributed by atoms with Gasteiger partial charge in [0.05, 0.1) is 23.0 Å². The molecular weight excluding hydrogens is 524 g/mol. The fraction of sp³-hybridized carbons (Fsp3) is 0.613. The van der Waals surface area contributed by atoms with E-state index in [-0.39, 0.29) is 24.0 Å². The van der Waals surface area contributed by atoms with Crippen molar-refractivity contribution in [2.75, 3.05) is 26.2 Å². The Bertz CT molecular complexity index is 1170. The van der Waals surface area contributed by atoms with Crippen LogP contribution in [0.25, 0.3) is 0 Å². The maximum Gasteiger partial charge on any atom is 0.321 e. The molecule has 0 bridgehead atoms. The van der Waals surface area contributed by atoms with Crippen LogP contribution >= 0.6 is 11.6 Å². The number of halogens is 1. The zero-order chi connectivity index (χ0) is 28.2. The van der Waals surface area contributed by atoms with Crippen molar-refractivity contribution in [3.05, 3.63) is 58.1 Å². The number of benzene rings is 1. The maximum atomic E-state index is 13.9. The van der Waals surface area contributed by atoms with Crippen molar-refractivity contribution in [2.45, 2.75) is 96.3 Å². The Morgan fingerprint density at radius 1 is 1.05 bits per heavy atom. The number of rotatable bonds is 8. The second kappa shape index (κ2) is 12.9. The Kier molecular flexibility index (Phi) is 9.26. The first-order valence-electron chi connectivity index (χ1n) is 15.0. The van der Waals surface area contributed by atoms with E-state index in [0.717, 1.165) is 62.3 Å². The lowest BCUT2D eigenvalue weighted by atomic mass is 9.94. The fourth-order valence-corrected chi connectivity index (χ4v) is 7.11. The van der Waals surface area contributed by atoms with Crippen LogP contribution in [0.2, 0.25) is 5.02 Å². The number of nitrogens with zero attached hydrogens (tertiary/aromatic N) is 5. The normalized spacial score (nSPS) is 22.1. The van der Waals surface area contributed by atoms with Crippen molar-refractivity contribution in [2.24, 2.45) is 0 Å². The molecule has 1 saturated carbocycles. The highest BCUT2D eigenvalue weighted by atomic mass is 35.5. The van der Waals surface area contributed by atoms with E-state index in [4.69, 9.17) is 11.6 Å². The zero-order valence-corrected chi connectivity index (χ0v) is 24.9. The molecule has 40 heavy (non-hydrogen) atoms. The molecule has 2 atom stereocenters. The lowest BCUT2D eigenvalue weighted by molar-refractivity contribution is 0.0877. The number of likely N-dealkylation sites (tertiary alicyclic amines) is 1. The quantitative estimate of drug-likeness (QED) is 0.454. The van der Waals surface area contributed by atoms with E-state index in [0.29, 0.717) is 35.6 Å². The average molecular weight is 567 g/mol. The summed E-state index contributed by atoms with van der Waals surface area (Å²) in [5, 5.41) is 3.78. The van der Waals surface area contributed by atoms with Gasteiger partial charge >= 0.3 is 6.03 Å². The maximum absolute atomic E-state index is 13.9. The van der Waals surface area contributed by atoms with E-state index in [1.165, 1.54) is 25.6 Å². The predicted octanol–water partition coefficient (Wildman–Crippen LogP) is 5.53. The smallest absolute Gasteiger partial charge is 0.321 e. The van der Waals surface area contributed by atoms with Gasteiger partial charge in [0.2, 0.25) is 0 Å². The van der Waals surface area contributed by atoms with Crippen LogP contribution in [0.5, 0.6) is 0 Å². The first-order valence-corrected chi connectivity index (χ1v) is 15.4. The van der Waals surface area contributed by atoms with Crippen molar-refractivity contribution < 1.29 is 9.59 Å². The Morgan fingerprint density at radius 3 is 2.42 bits per heavy atom. The van der Waals surface area contributed by atoms with Gasteiger partial charge in [0.25, 0.3) is 5.91 Å². The van der Waals surface area contributed by atoms with Crippen LogP contribution in [0.4, 0.5) is 4.79 Å². The number of aromatic nitrogens is 2. The Balaban J connectivity index is 1.18. The van der Waals surface area contributed by atoms with Crippen LogP contribution in [-0.4, -0.2) is 80.9 Å². The Morgan fingerprint density at radius 2 is 1.75 bits per heavy atom. The molecule has 3 amide bonds. The lowest BCUT2D eigenvalue weighted by Gasteiger charge is -2.41. The van der Waals surface area contributed by atoms with Gasteiger partial charge in [-0.1, -0.05) is 43.0 Å². The average Bonchev–Trinajstić information content (AvgIpc) is 3.30. The Labute approximate surface area is 243 Å². The molecule has 0 radical (unpaired) electrons. The molecule has 5 rings (SSSR count). The molecule has 3 fully saturated rings. The van der Waals surface area contributed by atoms with Gasteiger partial charge in [-0.05, 0) is 70.6 Å². The molecule has 9 heteroatoms. The van der Waals surface area contributed by atoms with Gasteiger partial charge in [-0.2, -0.15) is 0 Å². The number of nitrogens with one attached hydrogen (secondary N) is 1. The third kappa shape index (κ3) is 6.28. The standard InChI is InChI=1S/C31H43ClN6O2/c1-21(12-15-33-30(39)29-22(2)34-20-35-23(29)3)36-16-13-27(14-17-36)38-28(24-8-7-9-25(32)18-24)19-37(31(38)40)26-10-5-4-6-11-26/h7-9,18,20-21,26-28H,4-6,10-17,19H2,1-3H3,(H,33,39). The third-order valence-electron chi connectivity index (χ3n) is 9.24. The summed E-state index contributed by atoms with van der Waals surface area (Å²) in [6.45, 7) is 9.16. The summed E-state index contributed by atoms with van der Waals surface area (Å²) in [5.41, 5.74) is 3.12. The molecule has 1 aromatic heterocycles. The number of urea groups is 1. The number of amides is 3. The second-order valence-corrected chi connectivity index (χ2v) is 12.2. The van der Waals surface area contributed by atoms with E-state index < -0.39 is 0 Å². The number of hydrogen-bond donors (Lipinski definition) is 1. The summed E-state index contributed by atoms with van der Waals surface area (Å²) in [6, 6.07) is 9.24. The van der Waals surface area contributed by atoms with Crippen molar-refractivity contribution in [1.29, 1.82) is 0 Å². The van der Waals surface area contributed by atoms with Crippen molar-refractivity contribution in [3.63, 3.8) is 0 Å². The third-order valence-corrected chi connectivity index (χ3v) is 9.47. The van der Waals surface area contributed by atoms with Gasteiger partial charge in [-0.3, -0.25) is 4.79 Å². The van der Waals surface area contributed by atoms with E-state index in [1.807, 2.05) is 32.0 Å². The van der Waals surface area contributed by atoms with Crippen LogP contribution in [0.3, 0.4) is 0 Å². The number of carbonyl (C=O) groups is 2. The van der Waals surface area contributed by atoms with Gasteiger partial charge in [-0.15, -0.1) is 0 Å². The highest BCUT2D eigenvalue weighted by molar-refractivity contribution is 6.30. The summed E-state index contributed by atoms with van der Waals surface area (Å²) >= 11 is 6.39. The van der Waals surface area contributed by atoms with Gasteiger partial charge < -0.3 is 20.0 Å². The molecule has 1 aromatic carbocycles. The van der Waals surface area contributed by atoms with Crippen LogP contribution < -0.4 is 5.32 Å². The predicted molar refractivity (Wildman–Crippen MR) is 158 cm³/mol. The van der Waals surface area contributed by atoms with Gasteiger partial charge in [0.1, 0.15) is 6.33 Å². The summed E-state index contributed by atoms with van der Waals surface area (Å²) in [4.78, 5) is 41.8. The Hall–Kier alpha value is -2.71. The highest BCUT2D eigenvalue weighted by Gasteiger charge is 2.45. The molecule has 0 spiro atoms. The number of hydrogen-bond acceptors (Lipinski definition) is 5. The van der Waals surface area contributed by atoms with E-state index in [1.54, 1.807) is 0 Å². The molecule has 216 valence electrons. The minimum absolute atomic E-state index is 0.0474. The first-order chi connectivity index (χ1) is 19.3. The van der Waals surface area contributed by atoms with Crippen LogP contribution in [-0.2, 0) is 0 Å². The van der Waals surface area contributed by atoms with Crippen LogP contribution in [0.15, 0.2) is 30.6 Å². The molecule has 2 aromatic rings. The van der Waals surface area contributed by atoms with Crippen LogP contribution in [0.1, 0.15) is 91.6 Å². The van der Waals surface area contributed by atoms with E-state index in [2.05, 4.69) is 43.0 Å². The molecule has 3 aliphatic rings. The van der Waals surface area contributed by atoms with E-state index >= 15 is 0 Å². The second-order valence-electron chi connectivity index (χ2n) is 11.8. The highest BCUT2D eigenvalue weighted by Crippen LogP contribution is 2.38. The number of aryl methyl sites for hydroxylation is 2. The molecular formula is C31H43ClN6O2. The molecule has 8 nitrogen and oxygen atoms in total. The van der Waals surface area contributed by atoms with Crippen LogP contribution in [0, 0.1) is 13.8 Å². The first kappa shape index (κ1) is 28.8.